The van der Waals surface area contributed by atoms with Gasteiger partial charge < -0.3 is 10.4 Å². The van der Waals surface area contributed by atoms with Gasteiger partial charge >= 0.3 is 5.97 Å². The van der Waals surface area contributed by atoms with Gasteiger partial charge in [0.2, 0.25) is 0 Å². The van der Waals surface area contributed by atoms with Gasteiger partial charge in [-0.2, -0.15) is 0 Å². The SMILES string of the molecule is CC(C)CC(CNCc1cccnc1)C(=O)O. The maximum atomic E-state index is 11.0. The normalized spacial score (nSPS) is 12.6. The molecule has 0 bridgehead atoms. The number of hydrogen-bond donors (Lipinski definition) is 2. The summed E-state index contributed by atoms with van der Waals surface area (Å²) in [5.74, 6) is -0.639. The van der Waals surface area contributed by atoms with Crippen molar-refractivity contribution in [1.82, 2.24) is 10.3 Å². The predicted molar refractivity (Wildman–Crippen MR) is 66.5 cm³/mol. The van der Waals surface area contributed by atoms with Gasteiger partial charge in [-0.3, -0.25) is 9.78 Å². The number of carboxylic acid groups (broad SMARTS) is 1. The third-order valence-corrected chi connectivity index (χ3v) is 2.55. The summed E-state index contributed by atoms with van der Waals surface area (Å²) < 4.78 is 0. The van der Waals surface area contributed by atoms with E-state index in [0.717, 1.165) is 5.56 Å². The minimum absolute atomic E-state index is 0.313. The highest BCUT2D eigenvalue weighted by molar-refractivity contribution is 5.70. The maximum Gasteiger partial charge on any atom is 0.307 e. The van der Waals surface area contributed by atoms with Crippen molar-refractivity contribution >= 4 is 5.97 Å². The van der Waals surface area contributed by atoms with Crippen molar-refractivity contribution < 1.29 is 9.90 Å². The minimum atomic E-state index is -0.725. The van der Waals surface area contributed by atoms with Crippen LogP contribution in [0.1, 0.15) is 25.8 Å². The van der Waals surface area contributed by atoms with Crippen LogP contribution in [-0.2, 0) is 11.3 Å². The summed E-state index contributed by atoms with van der Waals surface area (Å²) in [4.78, 5) is 15.0. The van der Waals surface area contributed by atoms with Crippen LogP contribution in [0.5, 0.6) is 0 Å². The number of carbonyl (C=O) groups is 1. The van der Waals surface area contributed by atoms with Crippen LogP contribution in [-0.4, -0.2) is 22.6 Å². The second-order valence-corrected chi connectivity index (χ2v) is 4.66. The van der Waals surface area contributed by atoms with Crippen molar-refractivity contribution in [3.8, 4) is 0 Å². The molecule has 4 heteroatoms. The molecule has 0 aliphatic carbocycles. The van der Waals surface area contributed by atoms with Gasteiger partial charge in [0.1, 0.15) is 0 Å². The lowest BCUT2D eigenvalue weighted by Gasteiger charge is -2.15. The smallest absolute Gasteiger partial charge is 0.307 e. The predicted octanol–water partition coefficient (Wildman–Crippen LogP) is 1.92. The molecule has 0 saturated heterocycles. The van der Waals surface area contributed by atoms with E-state index in [9.17, 15) is 4.79 Å². The molecule has 1 unspecified atom stereocenters. The van der Waals surface area contributed by atoms with Crippen molar-refractivity contribution in [3.05, 3.63) is 30.1 Å². The van der Waals surface area contributed by atoms with Crippen molar-refractivity contribution in [2.75, 3.05) is 6.54 Å². The number of carboxylic acids is 1. The summed E-state index contributed by atoms with van der Waals surface area (Å²) in [6, 6.07) is 3.85. The van der Waals surface area contributed by atoms with Crippen LogP contribution in [0.3, 0.4) is 0 Å². The van der Waals surface area contributed by atoms with Gasteiger partial charge in [-0.25, -0.2) is 0 Å². The van der Waals surface area contributed by atoms with E-state index in [0.29, 0.717) is 25.4 Å². The molecule has 0 saturated carbocycles. The molecule has 1 aromatic heterocycles. The Morgan fingerprint density at radius 3 is 2.82 bits per heavy atom. The van der Waals surface area contributed by atoms with Crippen molar-refractivity contribution in [2.45, 2.75) is 26.8 Å². The number of aliphatic carboxylic acids is 1. The number of aromatic nitrogens is 1. The first-order chi connectivity index (χ1) is 8.09. The maximum absolute atomic E-state index is 11.0. The second-order valence-electron chi connectivity index (χ2n) is 4.66. The van der Waals surface area contributed by atoms with Crippen molar-refractivity contribution in [2.24, 2.45) is 11.8 Å². The molecule has 0 aliphatic rings. The Hall–Kier alpha value is -1.42. The molecule has 0 radical (unpaired) electrons. The Balaban J connectivity index is 2.35. The van der Waals surface area contributed by atoms with E-state index in [2.05, 4.69) is 10.3 Å². The number of pyridine rings is 1. The van der Waals surface area contributed by atoms with Crippen LogP contribution < -0.4 is 5.32 Å². The number of nitrogens with one attached hydrogen (secondary N) is 1. The quantitative estimate of drug-likeness (QED) is 0.759. The molecule has 1 rings (SSSR count). The monoisotopic (exact) mass is 236 g/mol. The first-order valence-electron chi connectivity index (χ1n) is 5.92. The molecule has 1 aromatic rings. The molecule has 0 aliphatic heterocycles. The first kappa shape index (κ1) is 13.6. The van der Waals surface area contributed by atoms with Crippen LogP contribution in [0.25, 0.3) is 0 Å². The highest BCUT2D eigenvalue weighted by atomic mass is 16.4. The molecule has 17 heavy (non-hydrogen) atoms. The lowest BCUT2D eigenvalue weighted by molar-refractivity contribution is -0.142. The fourth-order valence-electron chi connectivity index (χ4n) is 1.73. The van der Waals surface area contributed by atoms with Crippen molar-refractivity contribution in [1.29, 1.82) is 0 Å². The van der Waals surface area contributed by atoms with E-state index in [1.165, 1.54) is 0 Å². The van der Waals surface area contributed by atoms with E-state index in [-0.39, 0.29) is 5.92 Å². The van der Waals surface area contributed by atoms with E-state index in [1.807, 2.05) is 26.0 Å². The average Bonchev–Trinajstić information content (AvgIpc) is 2.28. The van der Waals surface area contributed by atoms with Crippen LogP contribution in [0.15, 0.2) is 24.5 Å². The molecule has 0 amide bonds. The van der Waals surface area contributed by atoms with Crippen LogP contribution in [0, 0.1) is 11.8 Å². The molecule has 2 N–H and O–H groups in total. The second kappa shape index (κ2) is 7.01. The zero-order valence-corrected chi connectivity index (χ0v) is 10.4. The summed E-state index contributed by atoms with van der Waals surface area (Å²) >= 11 is 0. The van der Waals surface area contributed by atoms with Gasteiger partial charge in [-0.15, -0.1) is 0 Å². The summed E-state index contributed by atoms with van der Waals surface area (Å²) in [5.41, 5.74) is 1.07. The minimum Gasteiger partial charge on any atom is -0.481 e. The molecule has 4 nitrogen and oxygen atoms in total. The Morgan fingerprint density at radius 2 is 2.29 bits per heavy atom. The summed E-state index contributed by atoms with van der Waals surface area (Å²) in [6.07, 6.45) is 4.21. The van der Waals surface area contributed by atoms with Crippen LogP contribution in [0.4, 0.5) is 0 Å². The van der Waals surface area contributed by atoms with E-state index in [1.54, 1.807) is 12.4 Å². The molecule has 1 heterocycles. The zero-order valence-electron chi connectivity index (χ0n) is 10.4. The van der Waals surface area contributed by atoms with Crippen LogP contribution in [0.2, 0.25) is 0 Å². The largest absolute Gasteiger partial charge is 0.481 e. The molecule has 0 fully saturated rings. The molecule has 0 spiro atoms. The van der Waals surface area contributed by atoms with Gasteiger partial charge in [0.05, 0.1) is 5.92 Å². The van der Waals surface area contributed by atoms with Gasteiger partial charge in [-0.05, 0) is 24.0 Å². The Bertz CT molecular complexity index is 339. The highest BCUT2D eigenvalue weighted by Gasteiger charge is 2.18. The molecule has 94 valence electrons. The molecular weight excluding hydrogens is 216 g/mol. The van der Waals surface area contributed by atoms with E-state index in [4.69, 9.17) is 5.11 Å². The highest BCUT2D eigenvalue weighted by Crippen LogP contribution is 2.11. The lowest BCUT2D eigenvalue weighted by Crippen LogP contribution is -2.29. The van der Waals surface area contributed by atoms with Gasteiger partial charge in [-0.1, -0.05) is 19.9 Å². The number of hydrogen-bond acceptors (Lipinski definition) is 3. The molecule has 0 aromatic carbocycles. The van der Waals surface area contributed by atoms with Crippen LogP contribution >= 0.6 is 0 Å². The Morgan fingerprint density at radius 1 is 1.53 bits per heavy atom. The van der Waals surface area contributed by atoms with E-state index < -0.39 is 5.97 Å². The number of rotatable bonds is 7. The Kier molecular flexibility index (Phi) is 5.63. The molecular formula is C13H20N2O2. The fraction of sp³-hybridized carbons (Fsp3) is 0.538. The zero-order chi connectivity index (χ0) is 12.7. The Labute approximate surface area is 102 Å². The third kappa shape index (κ3) is 5.45. The first-order valence-corrected chi connectivity index (χ1v) is 5.92. The third-order valence-electron chi connectivity index (χ3n) is 2.55. The summed E-state index contributed by atoms with van der Waals surface area (Å²) in [6.45, 7) is 5.24. The standard InChI is InChI=1S/C13H20N2O2/c1-10(2)6-12(13(16)17)9-15-8-11-4-3-5-14-7-11/h3-5,7,10,12,15H,6,8-9H2,1-2H3,(H,16,17). The average molecular weight is 236 g/mol. The fourth-order valence-corrected chi connectivity index (χ4v) is 1.73. The topological polar surface area (TPSA) is 62.2 Å². The lowest BCUT2D eigenvalue weighted by atomic mass is 9.97. The van der Waals surface area contributed by atoms with Crippen molar-refractivity contribution in [3.63, 3.8) is 0 Å². The van der Waals surface area contributed by atoms with Gasteiger partial charge in [0.25, 0.3) is 0 Å². The number of nitrogens with zero attached hydrogens (tertiary/aromatic N) is 1. The van der Waals surface area contributed by atoms with Gasteiger partial charge in [0.15, 0.2) is 0 Å². The van der Waals surface area contributed by atoms with E-state index >= 15 is 0 Å². The van der Waals surface area contributed by atoms with Gasteiger partial charge in [0, 0.05) is 25.5 Å². The molecule has 1 atom stereocenters. The summed E-state index contributed by atoms with van der Waals surface area (Å²) in [7, 11) is 0. The summed E-state index contributed by atoms with van der Waals surface area (Å²) in [5, 5.41) is 12.2.